The molecule has 3 rings (SSSR count). The summed E-state index contributed by atoms with van der Waals surface area (Å²) in [6, 6.07) is 18.4. The summed E-state index contributed by atoms with van der Waals surface area (Å²) in [5.74, 6) is 1.83. The number of ether oxygens (including phenoxy) is 3. The van der Waals surface area contributed by atoms with Gasteiger partial charge in [-0.1, -0.05) is 26.0 Å². The smallest absolute Gasteiger partial charge is 0.257 e. The SMILES string of the molecule is CCCOc1cccc(Oc2cccc(NC(=O)c3ccc(C(C)OCCC)nc3C)c2)c1. The van der Waals surface area contributed by atoms with Crippen molar-refractivity contribution < 1.29 is 19.0 Å². The van der Waals surface area contributed by atoms with E-state index < -0.39 is 0 Å². The molecule has 3 aromatic rings. The second kappa shape index (κ2) is 12.0. The Kier molecular flexibility index (Phi) is 8.84. The van der Waals surface area contributed by atoms with Gasteiger partial charge in [-0.3, -0.25) is 9.78 Å². The highest BCUT2D eigenvalue weighted by molar-refractivity contribution is 6.05. The Bertz CT molecular complexity index is 1070. The van der Waals surface area contributed by atoms with Crippen LogP contribution in [0.25, 0.3) is 0 Å². The van der Waals surface area contributed by atoms with Gasteiger partial charge in [0.25, 0.3) is 5.91 Å². The molecule has 0 spiro atoms. The van der Waals surface area contributed by atoms with Gasteiger partial charge >= 0.3 is 0 Å². The van der Waals surface area contributed by atoms with Gasteiger partial charge in [-0.05, 0) is 63.1 Å². The van der Waals surface area contributed by atoms with Gasteiger partial charge in [0.1, 0.15) is 17.2 Å². The Morgan fingerprint density at radius 3 is 2.36 bits per heavy atom. The summed E-state index contributed by atoms with van der Waals surface area (Å²) in [4.78, 5) is 17.4. The normalized spacial score (nSPS) is 11.6. The molecule has 1 heterocycles. The highest BCUT2D eigenvalue weighted by Crippen LogP contribution is 2.27. The number of benzene rings is 2. The van der Waals surface area contributed by atoms with Crippen LogP contribution in [0.2, 0.25) is 0 Å². The summed E-state index contributed by atoms with van der Waals surface area (Å²) in [5, 5.41) is 2.93. The van der Waals surface area contributed by atoms with Crippen LogP contribution in [0.1, 0.15) is 61.5 Å². The van der Waals surface area contributed by atoms with E-state index in [2.05, 4.69) is 24.1 Å². The average Bonchev–Trinajstić information content (AvgIpc) is 2.81. The van der Waals surface area contributed by atoms with Gasteiger partial charge in [0.2, 0.25) is 0 Å². The number of aromatic nitrogens is 1. The zero-order valence-electron chi connectivity index (χ0n) is 19.8. The van der Waals surface area contributed by atoms with Gasteiger partial charge in [0.15, 0.2) is 0 Å². The second-order valence-electron chi connectivity index (χ2n) is 7.79. The molecule has 0 fully saturated rings. The molecule has 0 bridgehead atoms. The van der Waals surface area contributed by atoms with Gasteiger partial charge in [0, 0.05) is 24.4 Å². The molecule has 1 atom stereocenters. The van der Waals surface area contributed by atoms with Crippen LogP contribution in [-0.4, -0.2) is 24.1 Å². The molecule has 0 saturated heterocycles. The monoisotopic (exact) mass is 448 g/mol. The fourth-order valence-corrected chi connectivity index (χ4v) is 3.25. The molecule has 33 heavy (non-hydrogen) atoms. The fraction of sp³-hybridized carbons (Fsp3) is 0.333. The largest absolute Gasteiger partial charge is 0.493 e. The summed E-state index contributed by atoms with van der Waals surface area (Å²) in [7, 11) is 0. The molecular formula is C27H32N2O4. The third kappa shape index (κ3) is 7.05. The summed E-state index contributed by atoms with van der Waals surface area (Å²) >= 11 is 0. The average molecular weight is 449 g/mol. The maximum Gasteiger partial charge on any atom is 0.257 e. The van der Waals surface area contributed by atoms with E-state index in [-0.39, 0.29) is 12.0 Å². The first-order chi connectivity index (χ1) is 16.0. The van der Waals surface area contributed by atoms with Crippen molar-refractivity contribution in [3.05, 3.63) is 77.6 Å². The number of amides is 1. The van der Waals surface area contributed by atoms with Crippen molar-refractivity contribution in [3.8, 4) is 17.2 Å². The Morgan fingerprint density at radius 2 is 1.64 bits per heavy atom. The van der Waals surface area contributed by atoms with Crippen LogP contribution in [0.4, 0.5) is 5.69 Å². The van der Waals surface area contributed by atoms with Crippen molar-refractivity contribution in [2.45, 2.75) is 46.6 Å². The number of nitrogens with one attached hydrogen (secondary N) is 1. The van der Waals surface area contributed by atoms with E-state index in [1.165, 1.54) is 0 Å². The Balaban J connectivity index is 1.67. The first kappa shape index (κ1) is 24.3. The third-order valence-electron chi connectivity index (χ3n) is 4.95. The number of carbonyl (C=O) groups excluding carboxylic acids is 1. The maximum atomic E-state index is 12.9. The number of nitrogens with zero attached hydrogens (tertiary/aromatic N) is 1. The molecule has 6 heteroatoms. The molecule has 6 nitrogen and oxygen atoms in total. The Labute approximate surface area is 195 Å². The Hall–Kier alpha value is -3.38. The highest BCUT2D eigenvalue weighted by atomic mass is 16.5. The van der Waals surface area contributed by atoms with Crippen LogP contribution in [0, 0.1) is 6.92 Å². The van der Waals surface area contributed by atoms with Crippen LogP contribution in [0.3, 0.4) is 0 Å². The zero-order chi connectivity index (χ0) is 23.6. The van der Waals surface area contributed by atoms with E-state index in [0.717, 1.165) is 24.3 Å². The second-order valence-corrected chi connectivity index (χ2v) is 7.79. The van der Waals surface area contributed by atoms with Crippen LogP contribution in [0.15, 0.2) is 60.7 Å². The van der Waals surface area contributed by atoms with Gasteiger partial charge in [-0.25, -0.2) is 0 Å². The molecule has 0 radical (unpaired) electrons. The lowest BCUT2D eigenvalue weighted by atomic mass is 10.1. The lowest BCUT2D eigenvalue weighted by Gasteiger charge is -2.14. The number of anilines is 1. The number of hydrogen-bond donors (Lipinski definition) is 1. The Morgan fingerprint density at radius 1 is 0.939 bits per heavy atom. The van der Waals surface area contributed by atoms with Crippen molar-refractivity contribution in [1.29, 1.82) is 0 Å². The van der Waals surface area contributed by atoms with Gasteiger partial charge < -0.3 is 19.5 Å². The molecule has 1 amide bonds. The number of aryl methyl sites for hydroxylation is 1. The maximum absolute atomic E-state index is 12.9. The molecule has 174 valence electrons. The minimum atomic E-state index is -0.221. The van der Waals surface area contributed by atoms with E-state index in [9.17, 15) is 4.79 Å². The minimum Gasteiger partial charge on any atom is -0.493 e. The molecule has 0 aliphatic carbocycles. The molecule has 1 unspecified atom stereocenters. The van der Waals surface area contributed by atoms with Crippen LogP contribution < -0.4 is 14.8 Å². The topological polar surface area (TPSA) is 69.7 Å². The first-order valence-electron chi connectivity index (χ1n) is 11.4. The van der Waals surface area contributed by atoms with Crippen LogP contribution >= 0.6 is 0 Å². The zero-order valence-corrected chi connectivity index (χ0v) is 19.8. The predicted octanol–water partition coefficient (Wildman–Crippen LogP) is 6.71. The molecule has 1 aromatic heterocycles. The van der Waals surface area contributed by atoms with Crippen molar-refractivity contribution in [3.63, 3.8) is 0 Å². The van der Waals surface area contributed by atoms with E-state index >= 15 is 0 Å². The summed E-state index contributed by atoms with van der Waals surface area (Å²) < 4.78 is 17.4. The van der Waals surface area contributed by atoms with Gasteiger partial charge in [0.05, 0.1) is 29.7 Å². The van der Waals surface area contributed by atoms with Gasteiger partial charge in [-0.15, -0.1) is 0 Å². The molecule has 1 N–H and O–H groups in total. The molecule has 0 saturated carbocycles. The molecular weight excluding hydrogens is 416 g/mol. The summed E-state index contributed by atoms with van der Waals surface area (Å²) in [5.41, 5.74) is 2.64. The van der Waals surface area contributed by atoms with E-state index in [0.29, 0.717) is 41.7 Å². The number of pyridine rings is 1. The third-order valence-corrected chi connectivity index (χ3v) is 4.95. The fourth-order valence-electron chi connectivity index (χ4n) is 3.25. The van der Waals surface area contributed by atoms with Crippen LogP contribution in [-0.2, 0) is 4.74 Å². The van der Waals surface area contributed by atoms with Crippen molar-refractivity contribution >= 4 is 11.6 Å². The number of rotatable bonds is 11. The predicted molar refractivity (Wildman–Crippen MR) is 130 cm³/mol. The highest BCUT2D eigenvalue weighted by Gasteiger charge is 2.14. The van der Waals surface area contributed by atoms with Gasteiger partial charge in [-0.2, -0.15) is 0 Å². The van der Waals surface area contributed by atoms with E-state index in [4.69, 9.17) is 14.2 Å². The molecule has 0 aliphatic heterocycles. The molecule has 2 aromatic carbocycles. The number of carbonyl (C=O) groups is 1. The lowest BCUT2D eigenvalue weighted by molar-refractivity contribution is 0.0632. The standard InChI is InChI=1S/C27H32N2O4/c1-5-15-31-20(4)26-14-13-25(19(3)28-26)27(30)29-21-9-7-11-23(17-21)33-24-12-8-10-22(18-24)32-16-6-2/h7-14,17-18,20H,5-6,15-16H2,1-4H3,(H,29,30). The van der Waals surface area contributed by atoms with E-state index in [1.54, 1.807) is 12.1 Å². The quantitative estimate of drug-likeness (QED) is 0.353. The van der Waals surface area contributed by atoms with Crippen LogP contribution in [0.5, 0.6) is 17.2 Å². The summed E-state index contributed by atoms with van der Waals surface area (Å²) in [6.45, 7) is 9.27. The van der Waals surface area contributed by atoms with Crippen molar-refractivity contribution in [1.82, 2.24) is 4.98 Å². The lowest BCUT2D eigenvalue weighted by Crippen LogP contribution is -2.15. The number of hydrogen-bond acceptors (Lipinski definition) is 5. The first-order valence-corrected chi connectivity index (χ1v) is 11.4. The molecule has 0 aliphatic rings. The van der Waals surface area contributed by atoms with Crippen molar-refractivity contribution in [2.75, 3.05) is 18.5 Å². The minimum absolute atomic E-state index is 0.111. The summed E-state index contributed by atoms with van der Waals surface area (Å²) in [6.07, 6.45) is 1.78. The van der Waals surface area contributed by atoms with E-state index in [1.807, 2.05) is 62.4 Å². The van der Waals surface area contributed by atoms with Crippen molar-refractivity contribution in [2.24, 2.45) is 0 Å².